The molecule has 7 heteroatoms. The fraction of sp³-hybridized carbons (Fsp3) is 0.571. The van der Waals surface area contributed by atoms with E-state index < -0.39 is 32.4 Å². The maximum absolute atomic E-state index is 13.9. The van der Waals surface area contributed by atoms with Crippen LogP contribution in [0.4, 0.5) is 8.78 Å². The summed E-state index contributed by atoms with van der Waals surface area (Å²) in [7, 11) is -3.69. The Kier molecular flexibility index (Phi) is 4.37. The predicted octanol–water partition coefficient (Wildman–Crippen LogP) is 2.51. The van der Waals surface area contributed by atoms with Crippen LogP contribution in [0.25, 0.3) is 0 Å². The van der Waals surface area contributed by atoms with Crippen LogP contribution in [0, 0.1) is 11.6 Å². The molecular formula is C14H19F2NO3S. The number of hydrogen-bond donors (Lipinski definition) is 1. The van der Waals surface area contributed by atoms with Gasteiger partial charge < -0.3 is 4.74 Å². The maximum Gasteiger partial charge on any atom is 0.217 e. The minimum Gasteiger partial charge on any atom is -0.373 e. The van der Waals surface area contributed by atoms with Crippen LogP contribution >= 0.6 is 0 Å². The fourth-order valence-corrected chi connectivity index (χ4v) is 2.80. The van der Waals surface area contributed by atoms with Gasteiger partial charge in [-0.25, -0.2) is 21.9 Å². The third-order valence-electron chi connectivity index (χ3n) is 3.34. The van der Waals surface area contributed by atoms with Crippen molar-refractivity contribution in [1.29, 1.82) is 0 Å². The number of benzene rings is 1. The minimum absolute atomic E-state index is 0.00155. The summed E-state index contributed by atoms with van der Waals surface area (Å²) in [5.74, 6) is -1.25. The molecule has 1 aliphatic rings. The highest BCUT2D eigenvalue weighted by molar-refractivity contribution is 7.90. The molecule has 1 aliphatic heterocycles. The number of rotatable bonds is 5. The van der Waals surface area contributed by atoms with Crippen LogP contribution in [-0.2, 0) is 14.8 Å². The summed E-state index contributed by atoms with van der Waals surface area (Å²) < 4.78 is 58.3. The largest absolute Gasteiger partial charge is 0.373 e. The molecule has 2 unspecified atom stereocenters. The van der Waals surface area contributed by atoms with Gasteiger partial charge in [0, 0.05) is 5.56 Å². The van der Waals surface area contributed by atoms with Crippen molar-refractivity contribution >= 4 is 10.0 Å². The molecule has 4 nitrogen and oxygen atoms in total. The van der Waals surface area contributed by atoms with Crippen LogP contribution in [-0.4, -0.2) is 25.9 Å². The quantitative estimate of drug-likeness (QED) is 0.848. The van der Waals surface area contributed by atoms with Crippen LogP contribution in [0.5, 0.6) is 0 Å². The maximum atomic E-state index is 13.9. The van der Waals surface area contributed by atoms with Crippen molar-refractivity contribution in [2.45, 2.75) is 44.1 Å². The van der Waals surface area contributed by atoms with Crippen LogP contribution in [0.3, 0.4) is 0 Å². The second kappa shape index (κ2) is 5.62. The molecule has 0 aromatic heterocycles. The minimum atomic E-state index is -3.69. The van der Waals surface area contributed by atoms with Gasteiger partial charge in [-0.1, -0.05) is 0 Å². The third kappa shape index (κ3) is 3.99. The average Bonchev–Trinajstić information content (AvgIpc) is 3.13. The molecule has 0 spiro atoms. The molecule has 1 aromatic carbocycles. The molecule has 21 heavy (non-hydrogen) atoms. The zero-order chi connectivity index (χ0) is 15.8. The van der Waals surface area contributed by atoms with Crippen LogP contribution in [0.1, 0.15) is 38.8 Å². The molecule has 0 aliphatic carbocycles. The Morgan fingerprint density at radius 1 is 1.38 bits per heavy atom. The molecule has 1 aromatic rings. The van der Waals surface area contributed by atoms with Crippen molar-refractivity contribution in [3.05, 3.63) is 35.4 Å². The van der Waals surface area contributed by atoms with Crippen molar-refractivity contribution in [1.82, 2.24) is 4.72 Å². The lowest BCUT2D eigenvalue weighted by Crippen LogP contribution is -2.41. The van der Waals surface area contributed by atoms with Gasteiger partial charge >= 0.3 is 0 Å². The van der Waals surface area contributed by atoms with E-state index in [9.17, 15) is 17.2 Å². The molecule has 1 saturated heterocycles. The second-order valence-corrected chi connectivity index (χ2v) is 8.61. The molecular weight excluding hydrogens is 300 g/mol. The Morgan fingerprint density at radius 2 is 2.00 bits per heavy atom. The summed E-state index contributed by atoms with van der Waals surface area (Å²) in [5.41, 5.74) is -0.00155. The molecule has 0 saturated carbocycles. The molecule has 1 N–H and O–H groups in total. The van der Waals surface area contributed by atoms with Gasteiger partial charge in [-0.05, 0) is 45.4 Å². The summed E-state index contributed by atoms with van der Waals surface area (Å²) in [4.78, 5) is 0. The van der Waals surface area contributed by atoms with Gasteiger partial charge in [0.15, 0.2) is 0 Å². The van der Waals surface area contributed by atoms with Gasteiger partial charge in [0.2, 0.25) is 10.0 Å². The Balaban J connectivity index is 2.32. The number of epoxide rings is 1. The molecule has 0 bridgehead atoms. The smallest absolute Gasteiger partial charge is 0.217 e. The fourth-order valence-electron chi connectivity index (χ4n) is 1.85. The monoisotopic (exact) mass is 319 g/mol. The van der Waals surface area contributed by atoms with Crippen LogP contribution in [0.15, 0.2) is 18.2 Å². The first kappa shape index (κ1) is 16.3. The first-order valence-corrected chi connectivity index (χ1v) is 8.17. The van der Waals surface area contributed by atoms with E-state index in [1.165, 1.54) is 0 Å². The van der Waals surface area contributed by atoms with E-state index in [1.807, 2.05) is 0 Å². The summed E-state index contributed by atoms with van der Waals surface area (Å²) >= 11 is 0. The first-order valence-electron chi connectivity index (χ1n) is 6.68. The van der Waals surface area contributed by atoms with Gasteiger partial charge in [-0.3, -0.25) is 0 Å². The zero-order valence-electron chi connectivity index (χ0n) is 12.2. The van der Waals surface area contributed by atoms with Crippen molar-refractivity contribution in [2.24, 2.45) is 0 Å². The van der Waals surface area contributed by atoms with E-state index in [0.29, 0.717) is 6.61 Å². The Labute approximate surface area is 123 Å². The highest BCUT2D eigenvalue weighted by Crippen LogP contribution is 2.30. The molecule has 1 heterocycles. The SMILES string of the molecule is CC(C)(C)S(=O)(=O)NC(CC1CO1)c1cc(F)ccc1F. The van der Waals surface area contributed by atoms with E-state index >= 15 is 0 Å². The van der Waals surface area contributed by atoms with Crippen LogP contribution < -0.4 is 4.72 Å². The van der Waals surface area contributed by atoms with E-state index in [4.69, 9.17) is 4.74 Å². The third-order valence-corrected chi connectivity index (χ3v) is 5.55. The van der Waals surface area contributed by atoms with Crippen molar-refractivity contribution in [2.75, 3.05) is 6.61 Å². The standard InChI is InChI=1S/C14H19F2NO3S/c1-14(2,3)21(18,19)17-13(7-10-8-20-10)11-6-9(15)4-5-12(11)16/h4-6,10,13,17H,7-8H2,1-3H3. The van der Waals surface area contributed by atoms with E-state index in [0.717, 1.165) is 18.2 Å². The average molecular weight is 319 g/mol. The molecule has 2 atom stereocenters. The predicted molar refractivity (Wildman–Crippen MR) is 75.3 cm³/mol. The lowest BCUT2D eigenvalue weighted by Gasteiger charge is -2.25. The number of halogens is 2. The van der Waals surface area contributed by atoms with E-state index in [-0.39, 0.29) is 18.1 Å². The van der Waals surface area contributed by atoms with Crippen molar-refractivity contribution in [3.63, 3.8) is 0 Å². The first-order chi connectivity index (χ1) is 9.60. The van der Waals surface area contributed by atoms with Crippen molar-refractivity contribution < 1.29 is 21.9 Å². The normalized spacial score (nSPS) is 20.3. The number of sulfonamides is 1. The molecule has 2 rings (SSSR count). The van der Waals surface area contributed by atoms with Crippen LogP contribution in [0.2, 0.25) is 0 Å². The Bertz CT molecular complexity index is 622. The summed E-state index contributed by atoms with van der Waals surface area (Å²) in [5, 5.41) is 0. The molecule has 1 fully saturated rings. The second-order valence-electron chi connectivity index (χ2n) is 6.14. The highest BCUT2D eigenvalue weighted by atomic mass is 32.2. The lowest BCUT2D eigenvalue weighted by molar-refractivity contribution is 0.370. The lowest BCUT2D eigenvalue weighted by atomic mass is 10.0. The Hall–Kier alpha value is -1.05. The summed E-state index contributed by atoms with van der Waals surface area (Å²) in [6.07, 6.45) is 0.149. The summed E-state index contributed by atoms with van der Waals surface area (Å²) in [6.45, 7) is 5.14. The number of nitrogens with one attached hydrogen (secondary N) is 1. The Morgan fingerprint density at radius 3 is 2.52 bits per heavy atom. The molecule has 118 valence electrons. The number of ether oxygens (including phenoxy) is 1. The van der Waals surface area contributed by atoms with Gasteiger partial charge in [0.1, 0.15) is 11.6 Å². The van der Waals surface area contributed by atoms with Gasteiger partial charge in [0.05, 0.1) is 23.5 Å². The topological polar surface area (TPSA) is 58.7 Å². The van der Waals surface area contributed by atoms with Gasteiger partial charge in [0.25, 0.3) is 0 Å². The van der Waals surface area contributed by atoms with Gasteiger partial charge in [-0.2, -0.15) is 0 Å². The van der Waals surface area contributed by atoms with E-state index in [1.54, 1.807) is 20.8 Å². The summed E-state index contributed by atoms with van der Waals surface area (Å²) in [6, 6.07) is 2.17. The molecule has 0 amide bonds. The van der Waals surface area contributed by atoms with E-state index in [2.05, 4.69) is 4.72 Å². The molecule has 0 radical (unpaired) electrons. The number of hydrogen-bond acceptors (Lipinski definition) is 3. The van der Waals surface area contributed by atoms with Crippen molar-refractivity contribution in [3.8, 4) is 0 Å². The van der Waals surface area contributed by atoms with Gasteiger partial charge in [-0.15, -0.1) is 0 Å². The zero-order valence-corrected chi connectivity index (χ0v) is 13.0. The highest BCUT2D eigenvalue weighted by Gasteiger charge is 2.36.